The molecule has 1 aromatic rings. The van der Waals surface area contributed by atoms with Crippen LogP contribution in [0.4, 0.5) is 0 Å². The van der Waals surface area contributed by atoms with Crippen LogP contribution < -0.4 is 5.32 Å². The number of nitrogens with one attached hydrogen (secondary N) is 1. The Labute approximate surface area is 99.8 Å². The minimum absolute atomic E-state index is 0.249. The van der Waals surface area contributed by atoms with Crippen molar-refractivity contribution in [2.24, 2.45) is 0 Å². The van der Waals surface area contributed by atoms with E-state index < -0.39 is 0 Å². The summed E-state index contributed by atoms with van der Waals surface area (Å²) in [6, 6.07) is 6.71. The molecule has 2 N–H and O–H groups in total. The predicted octanol–water partition coefficient (Wildman–Crippen LogP) is 2.79. The first-order valence-corrected chi connectivity index (χ1v) is 6.04. The van der Waals surface area contributed by atoms with Crippen molar-refractivity contribution in [3.05, 3.63) is 33.8 Å². The fourth-order valence-corrected chi connectivity index (χ4v) is 1.70. The summed E-state index contributed by atoms with van der Waals surface area (Å²) in [7, 11) is 0. The Hall–Kier alpha value is -0.380. The molecule has 1 atom stereocenters. The van der Waals surface area contributed by atoms with E-state index in [0.29, 0.717) is 6.04 Å². The van der Waals surface area contributed by atoms with Crippen molar-refractivity contribution in [2.45, 2.75) is 26.3 Å². The van der Waals surface area contributed by atoms with Crippen molar-refractivity contribution >= 4 is 15.9 Å². The summed E-state index contributed by atoms with van der Waals surface area (Å²) < 4.78 is 1.15. The third-order valence-corrected chi connectivity index (χ3v) is 3.36. The van der Waals surface area contributed by atoms with Crippen molar-refractivity contribution in [3.8, 4) is 0 Å². The zero-order chi connectivity index (χ0) is 11.3. The van der Waals surface area contributed by atoms with Crippen LogP contribution in [0.5, 0.6) is 0 Å². The zero-order valence-corrected chi connectivity index (χ0v) is 10.8. The highest BCUT2D eigenvalue weighted by Crippen LogP contribution is 2.20. The highest BCUT2D eigenvalue weighted by molar-refractivity contribution is 9.10. The number of hydrogen-bond donors (Lipinski definition) is 2. The summed E-state index contributed by atoms with van der Waals surface area (Å²) in [5.41, 5.74) is 2.54. The molecule has 0 spiro atoms. The summed E-state index contributed by atoms with van der Waals surface area (Å²) >= 11 is 3.49. The van der Waals surface area contributed by atoms with E-state index in [2.05, 4.69) is 53.3 Å². The van der Waals surface area contributed by atoms with E-state index in [0.717, 1.165) is 17.4 Å². The Morgan fingerprint density at radius 1 is 1.47 bits per heavy atom. The van der Waals surface area contributed by atoms with Crippen molar-refractivity contribution in [1.29, 1.82) is 0 Å². The molecule has 0 aliphatic carbocycles. The molecule has 0 aromatic heterocycles. The first-order valence-electron chi connectivity index (χ1n) is 5.25. The third kappa shape index (κ3) is 3.93. The molecule has 3 heteroatoms. The van der Waals surface area contributed by atoms with Gasteiger partial charge in [-0.05, 0) is 44.0 Å². The van der Waals surface area contributed by atoms with E-state index in [1.54, 1.807) is 0 Å². The number of rotatable bonds is 5. The lowest BCUT2D eigenvalue weighted by Crippen LogP contribution is -2.20. The van der Waals surface area contributed by atoms with Gasteiger partial charge in [0.15, 0.2) is 0 Å². The van der Waals surface area contributed by atoms with E-state index in [-0.39, 0.29) is 6.61 Å². The minimum Gasteiger partial charge on any atom is -0.396 e. The number of hydrogen-bond acceptors (Lipinski definition) is 2. The molecule has 0 amide bonds. The van der Waals surface area contributed by atoms with Gasteiger partial charge in [0.1, 0.15) is 0 Å². The molecule has 0 saturated carbocycles. The first-order chi connectivity index (χ1) is 7.15. The van der Waals surface area contributed by atoms with Crippen LogP contribution in [0.25, 0.3) is 0 Å². The van der Waals surface area contributed by atoms with Gasteiger partial charge < -0.3 is 10.4 Å². The Morgan fingerprint density at radius 2 is 2.20 bits per heavy atom. The van der Waals surface area contributed by atoms with Gasteiger partial charge in [-0.25, -0.2) is 0 Å². The number of benzene rings is 1. The van der Waals surface area contributed by atoms with Gasteiger partial charge in [-0.2, -0.15) is 0 Å². The van der Waals surface area contributed by atoms with Crippen LogP contribution in [0.1, 0.15) is 30.5 Å². The Morgan fingerprint density at radius 3 is 2.80 bits per heavy atom. The largest absolute Gasteiger partial charge is 0.396 e. The maximum Gasteiger partial charge on any atom is 0.0443 e. The lowest BCUT2D eigenvalue weighted by atomic mass is 10.1. The third-order valence-electron chi connectivity index (χ3n) is 2.47. The number of aliphatic hydroxyl groups excluding tert-OH is 1. The molecule has 1 unspecified atom stereocenters. The second kappa shape index (κ2) is 6.26. The number of aliphatic hydroxyl groups is 1. The van der Waals surface area contributed by atoms with Crippen LogP contribution in [0.2, 0.25) is 0 Å². The van der Waals surface area contributed by atoms with Crippen LogP contribution in [0.15, 0.2) is 22.7 Å². The SMILES string of the molecule is Cc1cc(C(C)NCCCO)ccc1Br. The fraction of sp³-hybridized carbons (Fsp3) is 0.500. The second-order valence-electron chi connectivity index (χ2n) is 3.76. The molecule has 15 heavy (non-hydrogen) atoms. The lowest BCUT2D eigenvalue weighted by Gasteiger charge is -2.14. The van der Waals surface area contributed by atoms with E-state index in [1.165, 1.54) is 11.1 Å². The van der Waals surface area contributed by atoms with E-state index in [9.17, 15) is 0 Å². The van der Waals surface area contributed by atoms with Crippen molar-refractivity contribution < 1.29 is 5.11 Å². The van der Waals surface area contributed by atoms with Gasteiger partial charge in [0.05, 0.1) is 0 Å². The number of halogens is 1. The molecular weight excluding hydrogens is 254 g/mol. The maximum absolute atomic E-state index is 8.68. The van der Waals surface area contributed by atoms with Gasteiger partial charge in [-0.3, -0.25) is 0 Å². The smallest absolute Gasteiger partial charge is 0.0443 e. The van der Waals surface area contributed by atoms with Gasteiger partial charge in [-0.15, -0.1) is 0 Å². The van der Waals surface area contributed by atoms with Gasteiger partial charge in [-0.1, -0.05) is 28.1 Å². The second-order valence-corrected chi connectivity index (χ2v) is 4.62. The quantitative estimate of drug-likeness (QED) is 0.808. The monoisotopic (exact) mass is 271 g/mol. The Kier molecular flexibility index (Phi) is 5.29. The molecule has 84 valence electrons. The molecule has 0 heterocycles. The summed E-state index contributed by atoms with van der Waals surface area (Å²) in [5.74, 6) is 0. The van der Waals surface area contributed by atoms with Crippen molar-refractivity contribution in [1.82, 2.24) is 5.32 Å². The van der Waals surface area contributed by atoms with Crippen LogP contribution in [-0.4, -0.2) is 18.3 Å². The van der Waals surface area contributed by atoms with Crippen LogP contribution in [0, 0.1) is 6.92 Å². The van der Waals surface area contributed by atoms with Gasteiger partial charge in [0.2, 0.25) is 0 Å². The normalized spacial score (nSPS) is 12.8. The Bertz CT molecular complexity index is 314. The van der Waals surface area contributed by atoms with Gasteiger partial charge in [0.25, 0.3) is 0 Å². The molecule has 1 rings (SSSR count). The lowest BCUT2D eigenvalue weighted by molar-refractivity contribution is 0.284. The fourth-order valence-electron chi connectivity index (χ4n) is 1.45. The van der Waals surface area contributed by atoms with Gasteiger partial charge >= 0.3 is 0 Å². The molecule has 2 nitrogen and oxygen atoms in total. The molecule has 0 aliphatic rings. The van der Waals surface area contributed by atoms with E-state index >= 15 is 0 Å². The topological polar surface area (TPSA) is 32.3 Å². The van der Waals surface area contributed by atoms with Crippen molar-refractivity contribution in [3.63, 3.8) is 0 Å². The standard InChI is InChI=1S/C12H18BrNO/c1-9-8-11(4-5-12(9)13)10(2)14-6-3-7-15/h4-5,8,10,14-15H,3,6-7H2,1-2H3. The average molecular weight is 272 g/mol. The van der Waals surface area contributed by atoms with Gasteiger partial charge in [0, 0.05) is 17.1 Å². The first kappa shape index (κ1) is 12.7. The molecule has 0 bridgehead atoms. The highest BCUT2D eigenvalue weighted by atomic mass is 79.9. The van der Waals surface area contributed by atoms with E-state index in [4.69, 9.17) is 5.11 Å². The summed E-state index contributed by atoms with van der Waals surface area (Å²) in [6.07, 6.45) is 0.805. The molecule has 0 fully saturated rings. The molecule has 0 radical (unpaired) electrons. The van der Waals surface area contributed by atoms with Crippen LogP contribution >= 0.6 is 15.9 Å². The van der Waals surface area contributed by atoms with Crippen LogP contribution in [-0.2, 0) is 0 Å². The average Bonchev–Trinajstić information content (AvgIpc) is 2.22. The van der Waals surface area contributed by atoms with E-state index in [1.807, 2.05) is 0 Å². The number of aryl methyl sites for hydroxylation is 1. The molecular formula is C12H18BrNO. The Balaban J connectivity index is 2.57. The molecule has 1 aromatic carbocycles. The molecule has 0 saturated heterocycles. The van der Waals surface area contributed by atoms with Crippen LogP contribution in [0.3, 0.4) is 0 Å². The predicted molar refractivity (Wildman–Crippen MR) is 67.0 cm³/mol. The summed E-state index contributed by atoms with van der Waals surface area (Å²) in [4.78, 5) is 0. The molecule has 0 aliphatic heterocycles. The zero-order valence-electron chi connectivity index (χ0n) is 9.26. The maximum atomic E-state index is 8.68. The summed E-state index contributed by atoms with van der Waals surface area (Å²) in [5, 5.41) is 12.1. The highest BCUT2D eigenvalue weighted by Gasteiger charge is 2.05. The van der Waals surface area contributed by atoms with Crippen molar-refractivity contribution in [2.75, 3.05) is 13.2 Å². The summed E-state index contributed by atoms with van der Waals surface area (Å²) in [6.45, 7) is 5.33. The minimum atomic E-state index is 0.249.